The Kier molecular flexibility index (Phi) is 6.62. The van der Waals surface area contributed by atoms with Gasteiger partial charge in [-0.05, 0) is 49.7 Å². The summed E-state index contributed by atoms with van der Waals surface area (Å²) in [6.07, 6.45) is -0.934. The topological polar surface area (TPSA) is 66.8 Å². The quantitative estimate of drug-likeness (QED) is 0.736. The summed E-state index contributed by atoms with van der Waals surface area (Å²) in [6, 6.07) is 12.1. The lowest BCUT2D eigenvalue weighted by molar-refractivity contribution is 0.0932. The summed E-state index contributed by atoms with van der Waals surface area (Å²) < 4.78 is 32.6. The molecule has 0 bridgehead atoms. The van der Waals surface area contributed by atoms with Gasteiger partial charge >= 0.3 is 0 Å². The van der Waals surface area contributed by atoms with E-state index in [4.69, 9.17) is 4.74 Å². The Labute approximate surface area is 157 Å². The molecule has 0 unspecified atom stereocenters. The highest BCUT2D eigenvalue weighted by molar-refractivity contribution is 9.10. The third kappa shape index (κ3) is 5.28. The average Bonchev–Trinajstić information content (AvgIpc) is 2.54. The Balaban J connectivity index is 1.97. The van der Waals surface area contributed by atoms with E-state index in [2.05, 4.69) is 15.9 Å². The second kappa shape index (κ2) is 8.31. The molecule has 0 aliphatic heterocycles. The van der Waals surface area contributed by atoms with E-state index in [1.807, 2.05) is 32.0 Å². The van der Waals surface area contributed by atoms with Crippen molar-refractivity contribution >= 4 is 26.0 Å². The van der Waals surface area contributed by atoms with E-state index < -0.39 is 16.1 Å². The standard InChI is InChI=1S/C18H22BrNO4S/c1-13-4-9-18(14(2)10-13)24-12-16(21)11-20(3)25(22,23)17-7-5-15(19)6-8-17/h4-10,16,21H,11-12H2,1-3H3/t16-/m0/s1. The third-order valence-corrected chi connectivity index (χ3v) is 6.12. The van der Waals surface area contributed by atoms with Crippen molar-refractivity contribution in [3.05, 3.63) is 58.1 Å². The van der Waals surface area contributed by atoms with Crippen LogP contribution in [0.15, 0.2) is 51.8 Å². The lowest BCUT2D eigenvalue weighted by Gasteiger charge is -2.21. The minimum absolute atomic E-state index is 0.0180. The van der Waals surface area contributed by atoms with Crippen molar-refractivity contribution < 1.29 is 18.3 Å². The van der Waals surface area contributed by atoms with Gasteiger partial charge in [-0.25, -0.2) is 8.42 Å². The number of aliphatic hydroxyl groups excluding tert-OH is 1. The summed E-state index contributed by atoms with van der Waals surface area (Å²) in [6.45, 7) is 3.89. The van der Waals surface area contributed by atoms with Gasteiger partial charge in [-0.15, -0.1) is 0 Å². The fourth-order valence-electron chi connectivity index (χ4n) is 2.38. The summed E-state index contributed by atoms with van der Waals surface area (Å²) in [5.74, 6) is 0.683. The van der Waals surface area contributed by atoms with Crippen LogP contribution in [0.4, 0.5) is 0 Å². The molecule has 136 valence electrons. The Morgan fingerprint density at radius 2 is 1.80 bits per heavy atom. The molecule has 0 aromatic heterocycles. The molecule has 0 radical (unpaired) electrons. The van der Waals surface area contributed by atoms with Crippen molar-refractivity contribution in [3.8, 4) is 5.75 Å². The predicted octanol–water partition coefficient (Wildman–Crippen LogP) is 3.13. The molecule has 2 aromatic rings. The van der Waals surface area contributed by atoms with Gasteiger partial charge < -0.3 is 9.84 Å². The lowest BCUT2D eigenvalue weighted by atomic mass is 10.1. The van der Waals surface area contributed by atoms with Crippen LogP contribution in [0.3, 0.4) is 0 Å². The number of aryl methyl sites for hydroxylation is 2. The molecule has 0 spiro atoms. The summed E-state index contributed by atoms with van der Waals surface area (Å²) in [7, 11) is -2.21. The van der Waals surface area contributed by atoms with E-state index in [0.29, 0.717) is 5.75 Å². The first-order chi connectivity index (χ1) is 11.7. The number of likely N-dealkylation sites (N-methyl/N-ethyl adjacent to an activating group) is 1. The zero-order valence-electron chi connectivity index (χ0n) is 14.4. The fourth-order valence-corrected chi connectivity index (χ4v) is 3.85. The van der Waals surface area contributed by atoms with Crippen molar-refractivity contribution in [3.63, 3.8) is 0 Å². The van der Waals surface area contributed by atoms with Crippen molar-refractivity contribution in [2.45, 2.75) is 24.8 Å². The highest BCUT2D eigenvalue weighted by Gasteiger charge is 2.23. The number of benzene rings is 2. The van der Waals surface area contributed by atoms with Crippen molar-refractivity contribution in [2.24, 2.45) is 0 Å². The highest BCUT2D eigenvalue weighted by atomic mass is 79.9. The second-order valence-electron chi connectivity index (χ2n) is 5.97. The molecule has 0 saturated heterocycles. The number of sulfonamides is 1. The molecule has 0 aliphatic carbocycles. The molecule has 25 heavy (non-hydrogen) atoms. The first-order valence-corrected chi connectivity index (χ1v) is 10.0. The molecule has 0 fully saturated rings. The van der Waals surface area contributed by atoms with Crippen LogP contribution in [-0.2, 0) is 10.0 Å². The number of hydrogen-bond acceptors (Lipinski definition) is 4. The van der Waals surface area contributed by atoms with Crippen LogP contribution in [-0.4, -0.2) is 44.1 Å². The first-order valence-electron chi connectivity index (χ1n) is 7.80. The summed E-state index contributed by atoms with van der Waals surface area (Å²) >= 11 is 3.28. The molecule has 0 saturated carbocycles. The van der Waals surface area contributed by atoms with Crippen molar-refractivity contribution in [1.82, 2.24) is 4.31 Å². The number of ether oxygens (including phenoxy) is 1. The van der Waals surface area contributed by atoms with E-state index >= 15 is 0 Å². The molecule has 5 nitrogen and oxygen atoms in total. The maximum atomic E-state index is 12.5. The van der Waals surface area contributed by atoms with Gasteiger partial charge in [-0.2, -0.15) is 4.31 Å². The van der Waals surface area contributed by atoms with Gasteiger partial charge in [0.2, 0.25) is 10.0 Å². The molecule has 2 aromatic carbocycles. The van der Waals surface area contributed by atoms with Crippen LogP contribution >= 0.6 is 15.9 Å². The van der Waals surface area contributed by atoms with Gasteiger partial charge in [0.25, 0.3) is 0 Å². The largest absolute Gasteiger partial charge is 0.491 e. The minimum Gasteiger partial charge on any atom is -0.491 e. The van der Waals surface area contributed by atoms with Crippen LogP contribution in [0.1, 0.15) is 11.1 Å². The zero-order chi connectivity index (χ0) is 18.6. The molecule has 0 amide bonds. The minimum atomic E-state index is -3.65. The van der Waals surface area contributed by atoms with Crippen molar-refractivity contribution in [1.29, 1.82) is 0 Å². The van der Waals surface area contributed by atoms with Crippen LogP contribution in [0.5, 0.6) is 5.75 Å². The molecule has 1 N–H and O–H groups in total. The van der Waals surface area contributed by atoms with E-state index in [0.717, 1.165) is 19.9 Å². The number of halogens is 1. The number of rotatable bonds is 7. The molecular weight excluding hydrogens is 406 g/mol. The Hall–Kier alpha value is -1.41. The maximum Gasteiger partial charge on any atom is 0.242 e. The SMILES string of the molecule is Cc1ccc(OC[C@@H](O)CN(C)S(=O)(=O)c2ccc(Br)cc2)c(C)c1. The van der Waals surface area contributed by atoms with Crippen LogP contribution in [0.25, 0.3) is 0 Å². The Bertz CT molecular complexity index is 821. The van der Waals surface area contributed by atoms with E-state index in [9.17, 15) is 13.5 Å². The summed E-state index contributed by atoms with van der Waals surface area (Å²) in [5, 5.41) is 10.1. The lowest BCUT2D eigenvalue weighted by Crippen LogP contribution is -2.37. The van der Waals surface area contributed by atoms with Gasteiger partial charge in [0.1, 0.15) is 18.5 Å². The maximum absolute atomic E-state index is 12.5. The van der Waals surface area contributed by atoms with Crippen LogP contribution in [0.2, 0.25) is 0 Å². The number of aliphatic hydroxyl groups is 1. The molecule has 2 rings (SSSR count). The second-order valence-corrected chi connectivity index (χ2v) is 8.93. The van der Waals surface area contributed by atoms with Gasteiger partial charge in [-0.3, -0.25) is 0 Å². The van der Waals surface area contributed by atoms with Crippen molar-refractivity contribution in [2.75, 3.05) is 20.2 Å². The summed E-state index contributed by atoms with van der Waals surface area (Å²) in [5.41, 5.74) is 2.11. The van der Waals surface area contributed by atoms with E-state index in [1.54, 1.807) is 12.1 Å². The normalized spacial score (nSPS) is 13.0. The first kappa shape index (κ1) is 19.9. The van der Waals surface area contributed by atoms with Crippen LogP contribution < -0.4 is 4.74 Å². The number of hydrogen-bond donors (Lipinski definition) is 1. The van der Waals surface area contributed by atoms with Crippen LogP contribution in [0, 0.1) is 13.8 Å². The Morgan fingerprint density at radius 1 is 1.16 bits per heavy atom. The fraction of sp³-hybridized carbons (Fsp3) is 0.333. The Morgan fingerprint density at radius 3 is 2.40 bits per heavy atom. The van der Waals surface area contributed by atoms with E-state index in [-0.39, 0.29) is 18.0 Å². The monoisotopic (exact) mass is 427 g/mol. The predicted molar refractivity (Wildman–Crippen MR) is 101 cm³/mol. The average molecular weight is 428 g/mol. The van der Waals surface area contributed by atoms with E-state index in [1.165, 1.54) is 19.2 Å². The smallest absolute Gasteiger partial charge is 0.242 e. The third-order valence-electron chi connectivity index (χ3n) is 3.75. The molecular formula is C18H22BrNO4S. The molecule has 1 atom stereocenters. The summed E-state index contributed by atoms with van der Waals surface area (Å²) in [4.78, 5) is 0.181. The molecule has 7 heteroatoms. The van der Waals surface area contributed by atoms with Gasteiger partial charge in [-0.1, -0.05) is 33.6 Å². The highest BCUT2D eigenvalue weighted by Crippen LogP contribution is 2.20. The number of nitrogens with zero attached hydrogens (tertiary/aromatic N) is 1. The van der Waals surface area contributed by atoms with Gasteiger partial charge in [0.05, 0.1) is 4.90 Å². The molecule has 0 aliphatic rings. The van der Waals surface area contributed by atoms with Gasteiger partial charge in [0.15, 0.2) is 0 Å². The zero-order valence-corrected chi connectivity index (χ0v) is 16.8. The van der Waals surface area contributed by atoms with Gasteiger partial charge in [0, 0.05) is 18.1 Å². The molecule has 0 heterocycles.